The third kappa shape index (κ3) is 4.33. The van der Waals surface area contributed by atoms with Crippen molar-refractivity contribution in [3.8, 4) is 11.5 Å². The number of nitrogens with two attached hydrogens (primary N) is 1. The summed E-state index contributed by atoms with van der Waals surface area (Å²) in [6, 6.07) is 3.55. The van der Waals surface area contributed by atoms with Crippen LogP contribution in [0.2, 0.25) is 0 Å². The molecule has 0 aliphatic carbocycles. The van der Waals surface area contributed by atoms with Crippen molar-refractivity contribution in [3.63, 3.8) is 0 Å². The summed E-state index contributed by atoms with van der Waals surface area (Å²) in [5.41, 5.74) is 7.45. The minimum absolute atomic E-state index is 0. The fourth-order valence-electron chi connectivity index (χ4n) is 1.53. The summed E-state index contributed by atoms with van der Waals surface area (Å²) in [7, 11) is 3.14. The van der Waals surface area contributed by atoms with Gasteiger partial charge in [-0.3, -0.25) is 4.79 Å². The SMILES string of the molecule is COc1cc(N)c(CCNC(C)=O)cc1OC.Cl. The summed E-state index contributed by atoms with van der Waals surface area (Å²) in [5.74, 6) is 1.19. The van der Waals surface area contributed by atoms with Gasteiger partial charge in [0.2, 0.25) is 5.91 Å². The second-order valence-electron chi connectivity index (χ2n) is 3.64. The Morgan fingerprint density at radius 2 is 1.83 bits per heavy atom. The van der Waals surface area contributed by atoms with Crippen molar-refractivity contribution in [2.24, 2.45) is 0 Å². The Morgan fingerprint density at radius 1 is 1.28 bits per heavy atom. The zero-order valence-corrected chi connectivity index (χ0v) is 11.6. The highest BCUT2D eigenvalue weighted by molar-refractivity contribution is 5.85. The Labute approximate surface area is 113 Å². The molecule has 0 radical (unpaired) electrons. The van der Waals surface area contributed by atoms with E-state index in [1.54, 1.807) is 20.3 Å². The molecule has 1 rings (SSSR count). The largest absolute Gasteiger partial charge is 0.493 e. The average Bonchev–Trinajstić information content (AvgIpc) is 2.30. The molecule has 0 atom stereocenters. The minimum Gasteiger partial charge on any atom is -0.493 e. The molecule has 0 fully saturated rings. The van der Waals surface area contributed by atoms with Crippen molar-refractivity contribution < 1.29 is 14.3 Å². The minimum atomic E-state index is -0.0518. The third-order valence-electron chi connectivity index (χ3n) is 2.41. The molecule has 0 spiro atoms. The van der Waals surface area contributed by atoms with Gasteiger partial charge in [0.25, 0.3) is 0 Å². The maximum Gasteiger partial charge on any atom is 0.216 e. The van der Waals surface area contributed by atoms with Gasteiger partial charge in [-0.05, 0) is 18.1 Å². The number of carbonyl (C=O) groups is 1. The molecule has 1 aromatic rings. The third-order valence-corrected chi connectivity index (χ3v) is 2.41. The van der Waals surface area contributed by atoms with Crippen LogP contribution in [0, 0.1) is 0 Å². The molecule has 0 aliphatic rings. The van der Waals surface area contributed by atoms with Gasteiger partial charge in [0.1, 0.15) is 0 Å². The van der Waals surface area contributed by atoms with Gasteiger partial charge in [-0.2, -0.15) is 0 Å². The number of benzene rings is 1. The van der Waals surface area contributed by atoms with Gasteiger partial charge < -0.3 is 20.5 Å². The smallest absolute Gasteiger partial charge is 0.216 e. The summed E-state index contributed by atoms with van der Waals surface area (Å²) in [6.07, 6.45) is 0.658. The molecule has 5 nitrogen and oxygen atoms in total. The van der Waals surface area contributed by atoms with E-state index < -0.39 is 0 Å². The van der Waals surface area contributed by atoms with Crippen LogP contribution in [0.5, 0.6) is 11.5 Å². The van der Waals surface area contributed by atoms with Crippen LogP contribution >= 0.6 is 12.4 Å². The lowest BCUT2D eigenvalue weighted by molar-refractivity contribution is -0.118. The predicted octanol–water partition coefficient (Wildman–Crippen LogP) is 1.39. The van der Waals surface area contributed by atoms with Crippen molar-refractivity contribution >= 4 is 24.0 Å². The molecular formula is C12H19ClN2O3. The number of anilines is 1. The molecule has 0 aliphatic heterocycles. The van der Waals surface area contributed by atoms with Gasteiger partial charge in [0.15, 0.2) is 11.5 Å². The number of hydrogen-bond donors (Lipinski definition) is 2. The van der Waals surface area contributed by atoms with E-state index in [9.17, 15) is 4.79 Å². The lowest BCUT2D eigenvalue weighted by Crippen LogP contribution is -2.22. The van der Waals surface area contributed by atoms with Crippen LogP contribution in [0.15, 0.2) is 12.1 Å². The van der Waals surface area contributed by atoms with Gasteiger partial charge in [-0.15, -0.1) is 12.4 Å². The molecule has 3 N–H and O–H groups in total. The Bertz CT molecular complexity index is 411. The monoisotopic (exact) mass is 274 g/mol. The Morgan fingerprint density at radius 3 is 2.33 bits per heavy atom. The van der Waals surface area contributed by atoms with Crippen LogP contribution in [-0.4, -0.2) is 26.7 Å². The van der Waals surface area contributed by atoms with Gasteiger partial charge in [-0.25, -0.2) is 0 Å². The highest BCUT2D eigenvalue weighted by Gasteiger charge is 2.08. The fourth-order valence-corrected chi connectivity index (χ4v) is 1.53. The second-order valence-corrected chi connectivity index (χ2v) is 3.64. The standard InChI is InChI=1S/C12H18N2O3.ClH/c1-8(15)14-5-4-9-6-11(16-2)12(17-3)7-10(9)13;/h6-7H,4-5,13H2,1-3H3,(H,14,15);1H. The molecule has 6 heteroatoms. The Balaban J connectivity index is 0.00000289. The molecule has 1 amide bonds. The summed E-state index contributed by atoms with van der Waals surface area (Å²) < 4.78 is 10.3. The number of nitrogen functional groups attached to an aromatic ring is 1. The molecule has 0 heterocycles. The number of nitrogens with one attached hydrogen (secondary N) is 1. The highest BCUT2D eigenvalue weighted by atomic mass is 35.5. The molecule has 0 bridgehead atoms. The lowest BCUT2D eigenvalue weighted by atomic mass is 10.1. The lowest BCUT2D eigenvalue weighted by Gasteiger charge is -2.12. The van der Waals surface area contributed by atoms with Crippen LogP contribution in [0.25, 0.3) is 0 Å². The van der Waals surface area contributed by atoms with Crippen LogP contribution in [-0.2, 0) is 11.2 Å². The quantitative estimate of drug-likeness (QED) is 0.796. The zero-order valence-electron chi connectivity index (χ0n) is 10.8. The molecule has 102 valence electrons. The fraction of sp³-hybridized carbons (Fsp3) is 0.417. The van der Waals surface area contributed by atoms with E-state index in [0.29, 0.717) is 30.2 Å². The van der Waals surface area contributed by atoms with E-state index in [4.69, 9.17) is 15.2 Å². The van der Waals surface area contributed by atoms with Gasteiger partial charge in [0.05, 0.1) is 14.2 Å². The first-order chi connectivity index (χ1) is 8.08. The summed E-state index contributed by atoms with van der Waals surface area (Å²) >= 11 is 0. The summed E-state index contributed by atoms with van der Waals surface area (Å²) in [5, 5.41) is 2.72. The predicted molar refractivity (Wildman–Crippen MR) is 73.6 cm³/mol. The molecule has 1 aromatic carbocycles. The number of amides is 1. The van der Waals surface area contributed by atoms with Crippen LogP contribution < -0.4 is 20.5 Å². The number of rotatable bonds is 5. The van der Waals surface area contributed by atoms with E-state index in [0.717, 1.165) is 5.56 Å². The number of methoxy groups -OCH3 is 2. The van der Waals surface area contributed by atoms with Gasteiger partial charge in [0, 0.05) is 25.2 Å². The Kier molecular flexibility index (Phi) is 6.97. The number of carbonyl (C=O) groups excluding carboxylic acids is 1. The maximum atomic E-state index is 10.8. The van der Waals surface area contributed by atoms with Crippen molar-refractivity contribution in [1.29, 1.82) is 0 Å². The number of halogens is 1. The van der Waals surface area contributed by atoms with E-state index in [1.807, 2.05) is 6.07 Å². The maximum absolute atomic E-state index is 10.8. The van der Waals surface area contributed by atoms with E-state index >= 15 is 0 Å². The van der Waals surface area contributed by atoms with Crippen LogP contribution in [0.4, 0.5) is 5.69 Å². The van der Waals surface area contributed by atoms with Crippen LogP contribution in [0.1, 0.15) is 12.5 Å². The van der Waals surface area contributed by atoms with Gasteiger partial charge >= 0.3 is 0 Å². The number of hydrogen-bond acceptors (Lipinski definition) is 4. The van der Waals surface area contributed by atoms with Gasteiger partial charge in [-0.1, -0.05) is 0 Å². The molecular weight excluding hydrogens is 256 g/mol. The zero-order chi connectivity index (χ0) is 12.8. The molecule has 0 unspecified atom stereocenters. The normalized spacial score (nSPS) is 9.28. The molecule has 18 heavy (non-hydrogen) atoms. The first kappa shape index (κ1) is 16.4. The van der Waals surface area contributed by atoms with Crippen molar-refractivity contribution in [3.05, 3.63) is 17.7 Å². The first-order valence-corrected chi connectivity index (χ1v) is 5.33. The average molecular weight is 275 g/mol. The molecule has 0 saturated heterocycles. The molecule has 0 aromatic heterocycles. The topological polar surface area (TPSA) is 73.6 Å². The number of ether oxygens (including phenoxy) is 2. The van der Waals surface area contributed by atoms with Crippen LogP contribution in [0.3, 0.4) is 0 Å². The Hall–Kier alpha value is -1.62. The molecule has 0 saturated carbocycles. The van der Waals surface area contributed by atoms with Crippen molar-refractivity contribution in [2.45, 2.75) is 13.3 Å². The highest BCUT2D eigenvalue weighted by Crippen LogP contribution is 2.31. The summed E-state index contributed by atoms with van der Waals surface area (Å²) in [4.78, 5) is 10.8. The van der Waals surface area contributed by atoms with E-state index in [2.05, 4.69) is 5.32 Å². The van der Waals surface area contributed by atoms with E-state index in [1.165, 1.54) is 6.92 Å². The summed E-state index contributed by atoms with van der Waals surface area (Å²) in [6.45, 7) is 2.03. The van der Waals surface area contributed by atoms with E-state index in [-0.39, 0.29) is 18.3 Å². The van der Waals surface area contributed by atoms with Crippen molar-refractivity contribution in [1.82, 2.24) is 5.32 Å². The second kappa shape index (κ2) is 7.66. The van der Waals surface area contributed by atoms with Crippen molar-refractivity contribution in [2.75, 3.05) is 26.5 Å². The first-order valence-electron chi connectivity index (χ1n) is 5.33.